The molecule has 0 bridgehead atoms. The molecule has 23 heavy (non-hydrogen) atoms. The van der Waals surface area contributed by atoms with E-state index >= 15 is 0 Å². The number of amides is 2. The molecule has 2 aromatic carbocycles. The van der Waals surface area contributed by atoms with Crippen molar-refractivity contribution in [3.63, 3.8) is 0 Å². The zero-order valence-corrected chi connectivity index (χ0v) is 12.3. The highest BCUT2D eigenvalue weighted by atomic mass is 19.1. The minimum atomic E-state index is -0.689. The van der Waals surface area contributed by atoms with Gasteiger partial charge in [0.1, 0.15) is 0 Å². The largest absolute Gasteiger partial charge is 0.381 e. The van der Waals surface area contributed by atoms with E-state index in [9.17, 15) is 9.18 Å². The van der Waals surface area contributed by atoms with Crippen molar-refractivity contribution in [2.24, 2.45) is 0 Å². The van der Waals surface area contributed by atoms with Gasteiger partial charge in [-0.25, -0.2) is 14.2 Å². The summed E-state index contributed by atoms with van der Waals surface area (Å²) in [5, 5.41) is 7.18. The van der Waals surface area contributed by atoms with Crippen molar-refractivity contribution in [1.82, 2.24) is 9.97 Å². The number of fused-ring (bicyclic) bond motifs is 1. The first-order valence-electron chi connectivity index (χ1n) is 6.89. The molecule has 1 heterocycles. The fraction of sp³-hybridized carbons (Fsp3) is 0.0625. The van der Waals surface area contributed by atoms with Crippen molar-refractivity contribution in [2.75, 3.05) is 16.4 Å². The lowest BCUT2D eigenvalue weighted by Crippen LogP contribution is -2.21. The first-order valence-corrected chi connectivity index (χ1v) is 6.89. The van der Waals surface area contributed by atoms with Crippen LogP contribution in [0.2, 0.25) is 0 Å². The SMILES string of the molecule is Cc1nc(NC(=O)Nc2ccc3ccccc3c2)nc(N)c1F. The monoisotopic (exact) mass is 311 g/mol. The second kappa shape index (κ2) is 5.88. The highest BCUT2D eigenvalue weighted by Crippen LogP contribution is 2.19. The quantitative estimate of drug-likeness (QED) is 0.677. The van der Waals surface area contributed by atoms with E-state index in [4.69, 9.17) is 5.73 Å². The molecule has 4 N–H and O–H groups in total. The van der Waals surface area contributed by atoms with Crippen molar-refractivity contribution < 1.29 is 9.18 Å². The fourth-order valence-electron chi connectivity index (χ4n) is 2.17. The van der Waals surface area contributed by atoms with Crippen molar-refractivity contribution in [1.29, 1.82) is 0 Å². The molecule has 3 rings (SSSR count). The topological polar surface area (TPSA) is 92.9 Å². The minimum absolute atomic E-state index is 0.0558. The van der Waals surface area contributed by atoms with Crippen LogP contribution in [0.1, 0.15) is 5.69 Å². The molecule has 0 spiro atoms. The second-order valence-electron chi connectivity index (χ2n) is 4.97. The van der Waals surface area contributed by atoms with E-state index in [0.717, 1.165) is 10.8 Å². The van der Waals surface area contributed by atoms with E-state index < -0.39 is 11.8 Å². The number of halogens is 1. The van der Waals surface area contributed by atoms with Crippen LogP contribution in [-0.4, -0.2) is 16.0 Å². The van der Waals surface area contributed by atoms with Gasteiger partial charge in [-0.15, -0.1) is 0 Å². The summed E-state index contributed by atoms with van der Waals surface area (Å²) >= 11 is 0. The van der Waals surface area contributed by atoms with Gasteiger partial charge in [0, 0.05) is 5.69 Å². The molecule has 0 fully saturated rings. The molecule has 0 aliphatic heterocycles. The molecule has 0 aliphatic carbocycles. The lowest BCUT2D eigenvalue weighted by Gasteiger charge is -2.09. The molecule has 2 amide bonds. The van der Waals surface area contributed by atoms with Crippen LogP contribution in [0.5, 0.6) is 0 Å². The molecule has 7 heteroatoms. The number of hydrogen-bond acceptors (Lipinski definition) is 4. The molecule has 1 aromatic heterocycles. The van der Waals surface area contributed by atoms with Gasteiger partial charge in [-0.3, -0.25) is 5.32 Å². The van der Waals surface area contributed by atoms with Crippen LogP contribution in [0.4, 0.5) is 26.6 Å². The van der Waals surface area contributed by atoms with E-state index in [2.05, 4.69) is 20.6 Å². The molecule has 3 aromatic rings. The number of aryl methyl sites for hydroxylation is 1. The number of nitrogens with one attached hydrogen (secondary N) is 2. The molecule has 0 radical (unpaired) electrons. The van der Waals surface area contributed by atoms with Crippen LogP contribution in [0, 0.1) is 12.7 Å². The predicted octanol–water partition coefficient (Wildman–Crippen LogP) is 3.30. The third-order valence-corrected chi connectivity index (χ3v) is 3.28. The Kier molecular flexibility index (Phi) is 3.76. The molecular formula is C16H14FN5O. The Morgan fingerprint density at radius 3 is 2.57 bits per heavy atom. The highest BCUT2D eigenvalue weighted by Gasteiger charge is 2.11. The molecule has 0 saturated carbocycles. The van der Waals surface area contributed by atoms with Crippen LogP contribution in [0.25, 0.3) is 10.8 Å². The number of nitrogen functional groups attached to an aromatic ring is 1. The Bertz CT molecular complexity index is 874. The van der Waals surface area contributed by atoms with Gasteiger partial charge in [0.25, 0.3) is 0 Å². The fourth-order valence-corrected chi connectivity index (χ4v) is 2.17. The van der Waals surface area contributed by atoms with Gasteiger partial charge in [-0.1, -0.05) is 30.3 Å². The number of rotatable bonds is 2. The van der Waals surface area contributed by atoms with Crippen LogP contribution in [-0.2, 0) is 0 Å². The number of aromatic nitrogens is 2. The van der Waals surface area contributed by atoms with Gasteiger partial charge in [0.05, 0.1) is 5.69 Å². The van der Waals surface area contributed by atoms with Crippen LogP contribution in [0.3, 0.4) is 0 Å². The van der Waals surface area contributed by atoms with Crippen molar-refractivity contribution in [2.45, 2.75) is 6.92 Å². The maximum absolute atomic E-state index is 13.4. The molecule has 6 nitrogen and oxygen atoms in total. The summed E-state index contributed by atoms with van der Waals surface area (Å²) in [4.78, 5) is 19.5. The van der Waals surface area contributed by atoms with Gasteiger partial charge >= 0.3 is 6.03 Å². The zero-order valence-electron chi connectivity index (χ0n) is 12.3. The highest BCUT2D eigenvalue weighted by molar-refractivity contribution is 6.00. The van der Waals surface area contributed by atoms with Gasteiger partial charge < -0.3 is 11.1 Å². The summed E-state index contributed by atoms with van der Waals surface area (Å²) in [5.41, 5.74) is 6.10. The van der Waals surface area contributed by atoms with Crippen molar-refractivity contribution >= 4 is 34.3 Å². The minimum Gasteiger partial charge on any atom is -0.381 e. The summed E-state index contributed by atoms with van der Waals surface area (Å²) < 4.78 is 13.4. The Morgan fingerprint density at radius 2 is 1.83 bits per heavy atom. The average molecular weight is 311 g/mol. The number of carbonyl (C=O) groups excluding carboxylic acids is 1. The van der Waals surface area contributed by atoms with Crippen molar-refractivity contribution in [3.8, 4) is 0 Å². The number of nitrogens with two attached hydrogens (primary N) is 1. The third-order valence-electron chi connectivity index (χ3n) is 3.28. The Hall–Kier alpha value is -3.22. The summed E-state index contributed by atoms with van der Waals surface area (Å²) in [6.45, 7) is 1.44. The maximum Gasteiger partial charge on any atom is 0.326 e. The molecule has 0 atom stereocenters. The summed E-state index contributed by atoms with van der Waals surface area (Å²) in [5.74, 6) is -1.05. The molecule has 0 saturated heterocycles. The normalized spacial score (nSPS) is 10.5. The summed E-state index contributed by atoms with van der Waals surface area (Å²) in [7, 11) is 0. The number of anilines is 3. The number of hydrogen-bond donors (Lipinski definition) is 3. The van der Waals surface area contributed by atoms with Crippen LogP contribution >= 0.6 is 0 Å². The lowest BCUT2D eigenvalue weighted by atomic mass is 10.1. The van der Waals surface area contributed by atoms with Gasteiger partial charge in [0.15, 0.2) is 11.6 Å². The van der Waals surface area contributed by atoms with E-state index in [0.29, 0.717) is 5.69 Å². The Labute approximate surface area is 131 Å². The molecular weight excluding hydrogens is 297 g/mol. The first kappa shape index (κ1) is 14.7. The van der Waals surface area contributed by atoms with E-state index in [1.54, 1.807) is 6.07 Å². The van der Waals surface area contributed by atoms with Gasteiger partial charge in [-0.2, -0.15) is 4.98 Å². The van der Waals surface area contributed by atoms with E-state index in [1.165, 1.54) is 6.92 Å². The summed E-state index contributed by atoms with van der Waals surface area (Å²) in [6, 6.07) is 12.8. The van der Waals surface area contributed by atoms with E-state index in [1.807, 2.05) is 36.4 Å². The maximum atomic E-state index is 13.4. The predicted molar refractivity (Wildman–Crippen MR) is 87.7 cm³/mol. The van der Waals surface area contributed by atoms with Crippen molar-refractivity contribution in [3.05, 3.63) is 54.0 Å². The molecule has 0 unspecified atom stereocenters. The Morgan fingerprint density at radius 1 is 1.09 bits per heavy atom. The zero-order chi connectivity index (χ0) is 16.4. The molecule has 116 valence electrons. The van der Waals surface area contributed by atoms with Gasteiger partial charge in [0.2, 0.25) is 5.95 Å². The van der Waals surface area contributed by atoms with E-state index in [-0.39, 0.29) is 17.5 Å². The lowest BCUT2D eigenvalue weighted by molar-refractivity contribution is 0.262. The summed E-state index contributed by atoms with van der Waals surface area (Å²) in [6.07, 6.45) is 0. The van der Waals surface area contributed by atoms with Crippen LogP contribution in [0.15, 0.2) is 42.5 Å². The number of nitrogens with zero attached hydrogens (tertiary/aromatic N) is 2. The smallest absolute Gasteiger partial charge is 0.326 e. The van der Waals surface area contributed by atoms with Gasteiger partial charge in [-0.05, 0) is 29.8 Å². The second-order valence-corrected chi connectivity index (χ2v) is 4.97. The standard InChI is InChI=1S/C16H14FN5O/c1-9-13(17)14(18)21-15(19-9)22-16(23)20-12-7-6-10-4-2-3-5-11(10)8-12/h2-8H,1H3,(H4,18,19,20,21,22,23). The van der Waals surface area contributed by atoms with Crippen LogP contribution < -0.4 is 16.4 Å². The number of carbonyl (C=O) groups is 1. The average Bonchev–Trinajstić information content (AvgIpc) is 2.52. The Balaban J connectivity index is 1.75. The third kappa shape index (κ3) is 3.18. The number of benzene rings is 2. The first-order chi connectivity index (χ1) is 11.0. The molecule has 0 aliphatic rings. The number of urea groups is 1.